The fourth-order valence-corrected chi connectivity index (χ4v) is 5.40. The van der Waals surface area contributed by atoms with E-state index in [-0.39, 0.29) is 36.4 Å². The van der Waals surface area contributed by atoms with Gasteiger partial charge in [-0.05, 0) is 44.0 Å². The summed E-state index contributed by atoms with van der Waals surface area (Å²) in [5, 5.41) is 2.67. The Bertz CT molecular complexity index is 1190. The SMILES string of the molecule is COC(=O)c1ccccc1S(=O)(=O)N1CCC(C(=O)O[C@@H](C)C(=O)Nc2ccccc2OC)CC1. The minimum Gasteiger partial charge on any atom is -0.495 e. The number of methoxy groups -OCH3 is 2. The number of hydrogen-bond donors (Lipinski definition) is 1. The molecule has 0 saturated carbocycles. The third-order valence-electron chi connectivity index (χ3n) is 5.72. The molecule has 2 aromatic carbocycles. The highest BCUT2D eigenvalue weighted by atomic mass is 32.2. The van der Waals surface area contributed by atoms with Gasteiger partial charge >= 0.3 is 11.9 Å². The van der Waals surface area contributed by atoms with Crippen molar-refractivity contribution < 1.29 is 37.0 Å². The van der Waals surface area contributed by atoms with Crippen LogP contribution in [-0.2, 0) is 29.1 Å². The topological polar surface area (TPSA) is 128 Å². The second-order valence-corrected chi connectivity index (χ2v) is 9.84. The lowest BCUT2D eigenvalue weighted by atomic mass is 9.98. The van der Waals surface area contributed by atoms with Crippen LogP contribution in [0.3, 0.4) is 0 Å². The molecule has 0 spiro atoms. The van der Waals surface area contributed by atoms with E-state index in [0.717, 1.165) is 0 Å². The fraction of sp³-hybridized carbons (Fsp3) is 0.375. The van der Waals surface area contributed by atoms with Crippen LogP contribution in [0, 0.1) is 5.92 Å². The number of nitrogens with zero attached hydrogens (tertiary/aromatic N) is 1. The van der Waals surface area contributed by atoms with Gasteiger partial charge in [0.1, 0.15) is 5.75 Å². The number of rotatable bonds is 8. The molecule has 188 valence electrons. The van der Waals surface area contributed by atoms with E-state index in [1.54, 1.807) is 30.3 Å². The molecule has 0 bridgehead atoms. The van der Waals surface area contributed by atoms with E-state index in [0.29, 0.717) is 11.4 Å². The van der Waals surface area contributed by atoms with Crippen molar-refractivity contribution in [3.05, 3.63) is 54.1 Å². The van der Waals surface area contributed by atoms with E-state index in [4.69, 9.17) is 14.2 Å². The molecule has 0 unspecified atom stereocenters. The molecule has 11 heteroatoms. The second-order valence-electron chi connectivity index (χ2n) is 7.93. The smallest absolute Gasteiger partial charge is 0.339 e. The number of hydrogen-bond acceptors (Lipinski definition) is 8. The number of benzene rings is 2. The van der Waals surface area contributed by atoms with Gasteiger partial charge in [-0.15, -0.1) is 0 Å². The van der Waals surface area contributed by atoms with Crippen molar-refractivity contribution in [1.29, 1.82) is 0 Å². The molecule has 3 rings (SSSR count). The van der Waals surface area contributed by atoms with Crippen molar-refractivity contribution in [3.8, 4) is 5.75 Å². The van der Waals surface area contributed by atoms with E-state index in [9.17, 15) is 22.8 Å². The number of carbonyl (C=O) groups is 3. The largest absolute Gasteiger partial charge is 0.495 e. The first-order chi connectivity index (χ1) is 16.7. The number of para-hydroxylation sites is 2. The zero-order valence-corrected chi connectivity index (χ0v) is 20.5. The van der Waals surface area contributed by atoms with E-state index < -0.39 is 39.9 Å². The summed E-state index contributed by atoms with van der Waals surface area (Å²) in [5.74, 6) is -1.91. The van der Waals surface area contributed by atoms with Gasteiger partial charge in [0.2, 0.25) is 10.0 Å². The molecule has 1 fully saturated rings. The summed E-state index contributed by atoms with van der Waals surface area (Å²) in [5.41, 5.74) is 0.403. The standard InChI is InChI=1S/C24H28N2O8S/c1-16(22(27)25-19-9-5-6-10-20(19)32-2)34-23(28)17-12-14-26(15-13-17)35(30,31)21-11-7-4-8-18(21)24(29)33-3/h4-11,16-17H,12-15H2,1-3H3,(H,25,27)/t16-/m0/s1. The lowest BCUT2D eigenvalue weighted by molar-refractivity contribution is -0.158. The molecule has 1 aliphatic rings. The lowest BCUT2D eigenvalue weighted by Crippen LogP contribution is -2.42. The molecular weight excluding hydrogens is 476 g/mol. The first-order valence-electron chi connectivity index (χ1n) is 11.0. The van der Waals surface area contributed by atoms with Crippen LogP contribution >= 0.6 is 0 Å². The van der Waals surface area contributed by atoms with Gasteiger partial charge in [0.15, 0.2) is 6.10 Å². The summed E-state index contributed by atoms with van der Waals surface area (Å²) >= 11 is 0. The maximum atomic E-state index is 13.1. The van der Waals surface area contributed by atoms with Crippen molar-refractivity contribution in [1.82, 2.24) is 4.31 Å². The summed E-state index contributed by atoms with van der Waals surface area (Å²) in [6, 6.07) is 12.7. The molecule has 0 radical (unpaired) electrons. The Morgan fingerprint density at radius 1 is 1.00 bits per heavy atom. The monoisotopic (exact) mass is 504 g/mol. The predicted octanol–water partition coefficient (Wildman–Crippen LogP) is 2.45. The van der Waals surface area contributed by atoms with Gasteiger partial charge in [0, 0.05) is 13.1 Å². The summed E-state index contributed by atoms with van der Waals surface area (Å²) in [4.78, 5) is 37.0. The Hall–Kier alpha value is -3.44. The normalized spacial score (nSPS) is 15.6. The minimum absolute atomic E-state index is 0.0496. The van der Waals surface area contributed by atoms with Gasteiger partial charge in [0.05, 0.1) is 36.3 Å². The fourth-order valence-electron chi connectivity index (χ4n) is 3.75. The second kappa shape index (κ2) is 11.3. The van der Waals surface area contributed by atoms with Gasteiger partial charge in [-0.25, -0.2) is 13.2 Å². The number of carbonyl (C=O) groups excluding carboxylic acids is 3. The maximum Gasteiger partial charge on any atom is 0.339 e. The zero-order valence-electron chi connectivity index (χ0n) is 19.7. The molecule has 0 aliphatic carbocycles. The summed E-state index contributed by atoms with van der Waals surface area (Å²) in [7, 11) is -1.31. The van der Waals surface area contributed by atoms with Crippen LogP contribution in [-0.4, -0.2) is 64.0 Å². The molecule has 35 heavy (non-hydrogen) atoms. The van der Waals surface area contributed by atoms with Crippen molar-refractivity contribution in [3.63, 3.8) is 0 Å². The molecule has 2 aromatic rings. The number of esters is 2. The van der Waals surface area contributed by atoms with Crippen LogP contribution in [0.2, 0.25) is 0 Å². The van der Waals surface area contributed by atoms with E-state index in [1.807, 2.05) is 0 Å². The molecule has 1 amide bonds. The van der Waals surface area contributed by atoms with Crippen LogP contribution in [0.25, 0.3) is 0 Å². The molecule has 1 atom stereocenters. The highest BCUT2D eigenvalue weighted by Crippen LogP contribution is 2.27. The van der Waals surface area contributed by atoms with Crippen LogP contribution < -0.4 is 10.1 Å². The minimum atomic E-state index is -3.97. The quantitative estimate of drug-likeness (QED) is 0.543. The number of anilines is 1. The average Bonchev–Trinajstić information content (AvgIpc) is 2.88. The molecule has 1 aliphatic heterocycles. The van der Waals surface area contributed by atoms with Crippen molar-refractivity contribution in [2.24, 2.45) is 5.92 Å². The molecule has 1 heterocycles. The molecule has 0 aromatic heterocycles. The van der Waals surface area contributed by atoms with E-state index in [1.165, 1.54) is 43.6 Å². The van der Waals surface area contributed by atoms with Crippen molar-refractivity contribution in [2.45, 2.75) is 30.8 Å². The number of nitrogens with one attached hydrogen (secondary N) is 1. The Morgan fingerprint density at radius 3 is 2.29 bits per heavy atom. The average molecular weight is 505 g/mol. The first kappa shape index (κ1) is 26.2. The zero-order chi connectivity index (χ0) is 25.6. The summed E-state index contributed by atoms with van der Waals surface area (Å²) < 4.78 is 42.7. The first-order valence-corrected chi connectivity index (χ1v) is 12.4. The highest BCUT2D eigenvalue weighted by Gasteiger charge is 2.35. The Kier molecular flexibility index (Phi) is 8.47. The van der Waals surface area contributed by atoms with Gasteiger partial charge in [-0.1, -0.05) is 24.3 Å². The van der Waals surface area contributed by atoms with Crippen molar-refractivity contribution >= 4 is 33.6 Å². The number of amides is 1. The molecule has 1 saturated heterocycles. The van der Waals surface area contributed by atoms with Crippen LogP contribution in [0.1, 0.15) is 30.1 Å². The highest BCUT2D eigenvalue weighted by molar-refractivity contribution is 7.89. The predicted molar refractivity (Wildman–Crippen MR) is 126 cm³/mol. The molecular formula is C24H28N2O8S. The Morgan fingerprint density at radius 2 is 1.63 bits per heavy atom. The number of ether oxygens (including phenoxy) is 3. The van der Waals surface area contributed by atoms with Gasteiger partial charge in [-0.2, -0.15) is 4.31 Å². The van der Waals surface area contributed by atoms with Crippen LogP contribution in [0.5, 0.6) is 5.75 Å². The summed E-state index contributed by atoms with van der Waals surface area (Å²) in [6.07, 6.45) is -0.611. The Balaban J connectivity index is 1.59. The van der Waals surface area contributed by atoms with E-state index >= 15 is 0 Å². The molecule has 1 N–H and O–H groups in total. The number of piperidine rings is 1. The van der Waals surface area contributed by atoms with Crippen molar-refractivity contribution in [2.75, 3.05) is 32.6 Å². The number of sulfonamides is 1. The van der Waals surface area contributed by atoms with E-state index in [2.05, 4.69) is 5.32 Å². The lowest BCUT2D eigenvalue weighted by Gasteiger charge is -2.31. The summed E-state index contributed by atoms with van der Waals surface area (Å²) in [6.45, 7) is 1.60. The van der Waals surface area contributed by atoms with Gasteiger partial charge in [0.25, 0.3) is 5.91 Å². The maximum absolute atomic E-state index is 13.1. The van der Waals surface area contributed by atoms with Gasteiger partial charge in [-0.3, -0.25) is 9.59 Å². The van der Waals surface area contributed by atoms with Crippen LogP contribution in [0.15, 0.2) is 53.4 Å². The third-order valence-corrected chi connectivity index (χ3v) is 7.68. The third kappa shape index (κ3) is 5.98. The molecule has 10 nitrogen and oxygen atoms in total. The van der Waals surface area contributed by atoms with Crippen LogP contribution in [0.4, 0.5) is 5.69 Å². The Labute approximate surface area is 204 Å². The van der Waals surface area contributed by atoms with Gasteiger partial charge < -0.3 is 19.5 Å².